The number of rotatable bonds is 9. The largest absolute Gasteiger partial charge is 0.493 e. The second kappa shape index (κ2) is 10.00. The molecule has 0 heterocycles. The van der Waals surface area contributed by atoms with Crippen LogP contribution in [-0.4, -0.2) is 13.7 Å². The molecule has 0 aliphatic rings. The van der Waals surface area contributed by atoms with Crippen molar-refractivity contribution in [2.24, 2.45) is 0 Å². The van der Waals surface area contributed by atoms with Crippen LogP contribution in [0.5, 0.6) is 11.5 Å². The number of para-hydroxylation sites is 1. The summed E-state index contributed by atoms with van der Waals surface area (Å²) < 4.78 is 12.4. The quantitative estimate of drug-likeness (QED) is 0.461. The number of ether oxygens (including phenoxy) is 2. The summed E-state index contributed by atoms with van der Waals surface area (Å²) in [6, 6.07) is 24.2. The predicted molar refractivity (Wildman–Crippen MR) is 113 cm³/mol. The van der Waals surface area contributed by atoms with Crippen LogP contribution in [0.1, 0.15) is 11.1 Å². The highest BCUT2D eigenvalue weighted by atomic mass is 79.9. The van der Waals surface area contributed by atoms with Gasteiger partial charge in [-0.05, 0) is 35.4 Å². The molecule has 27 heavy (non-hydrogen) atoms. The van der Waals surface area contributed by atoms with Crippen LogP contribution in [0.15, 0.2) is 77.3 Å². The van der Waals surface area contributed by atoms with Gasteiger partial charge < -0.3 is 14.9 Å². The van der Waals surface area contributed by atoms with Gasteiger partial charge in [-0.3, -0.25) is 0 Å². The molecule has 3 aromatic carbocycles. The Morgan fingerprint density at radius 1 is 0.889 bits per heavy atom. The Kier molecular flexibility index (Phi) is 7.13. The predicted octanol–water partition coefficient (Wildman–Crippen LogP) is 5.20. The van der Waals surface area contributed by atoms with E-state index in [2.05, 4.69) is 38.9 Å². The van der Waals surface area contributed by atoms with Crippen LogP contribution in [-0.2, 0) is 13.0 Å². The molecule has 0 atom stereocenters. The van der Waals surface area contributed by atoms with Crippen molar-refractivity contribution in [3.05, 3.63) is 88.4 Å². The summed E-state index contributed by atoms with van der Waals surface area (Å²) in [5.74, 6) is 1.46. The lowest BCUT2D eigenvalue weighted by molar-refractivity contribution is 0.297. The molecule has 0 saturated heterocycles. The van der Waals surface area contributed by atoms with Crippen LogP contribution < -0.4 is 20.3 Å². The van der Waals surface area contributed by atoms with Gasteiger partial charge in [0.05, 0.1) is 13.7 Å². The van der Waals surface area contributed by atoms with Gasteiger partial charge in [-0.1, -0.05) is 64.5 Å². The average Bonchev–Trinajstić information content (AvgIpc) is 2.71. The van der Waals surface area contributed by atoms with Gasteiger partial charge in [0.1, 0.15) is 0 Å². The second-order valence-corrected chi connectivity index (χ2v) is 6.88. The summed E-state index contributed by atoms with van der Waals surface area (Å²) in [4.78, 5) is 0. The monoisotopic (exact) mass is 426 g/mol. The number of benzene rings is 3. The Morgan fingerprint density at radius 2 is 1.59 bits per heavy atom. The van der Waals surface area contributed by atoms with Crippen LogP contribution in [0.25, 0.3) is 0 Å². The molecule has 0 aliphatic heterocycles. The molecule has 4 nitrogen and oxygen atoms in total. The number of methoxy groups -OCH3 is 1. The maximum absolute atomic E-state index is 5.95. The van der Waals surface area contributed by atoms with Crippen molar-refractivity contribution in [1.82, 2.24) is 5.43 Å². The summed E-state index contributed by atoms with van der Waals surface area (Å²) in [5, 5.41) is 0. The fourth-order valence-corrected chi connectivity index (χ4v) is 3.13. The molecule has 0 unspecified atom stereocenters. The topological polar surface area (TPSA) is 42.5 Å². The summed E-state index contributed by atoms with van der Waals surface area (Å²) >= 11 is 3.63. The minimum atomic E-state index is 0.597. The first-order valence-corrected chi connectivity index (χ1v) is 9.62. The van der Waals surface area contributed by atoms with Gasteiger partial charge in [0.25, 0.3) is 0 Å². The van der Waals surface area contributed by atoms with Crippen LogP contribution in [0.3, 0.4) is 0 Å². The lowest BCUT2D eigenvalue weighted by atomic mass is 10.1. The molecular formula is C22H23BrN2O2. The molecule has 0 bridgehead atoms. The Balaban J connectivity index is 1.58. The SMILES string of the molecule is COc1cc(CNNc2ccccc2)c(Br)cc1OCCc1ccccc1. The Labute approximate surface area is 168 Å². The summed E-state index contributed by atoms with van der Waals surface area (Å²) in [7, 11) is 1.66. The highest BCUT2D eigenvalue weighted by molar-refractivity contribution is 9.10. The van der Waals surface area contributed by atoms with Crippen molar-refractivity contribution in [2.45, 2.75) is 13.0 Å². The van der Waals surface area contributed by atoms with E-state index in [0.717, 1.165) is 33.6 Å². The first-order valence-electron chi connectivity index (χ1n) is 8.83. The molecule has 0 spiro atoms. The number of hydrogen-bond donors (Lipinski definition) is 2. The van der Waals surface area contributed by atoms with Crippen LogP contribution in [0.4, 0.5) is 5.69 Å². The molecule has 0 fully saturated rings. The van der Waals surface area contributed by atoms with Crippen LogP contribution in [0.2, 0.25) is 0 Å². The van der Waals surface area contributed by atoms with Crippen LogP contribution >= 0.6 is 15.9 Å². The molecule has 140 valence electrons. The summed E-state index contributed by atoms with van der Waals surface area (Å²) in [6.07, 6.45) is 0.853. The fourth-order valence-electron chi connectivity index (χ4n) is 2.67. The number of hydrogen-bond acceptors (Lipinski definition) is 4. The normalized spacial score (nSPS) is 10.4. The highest BCUT2D eigenvalue weighted by Gasteiger charge is 2.10. The van der Waals surface area contributed by atoms with Gasteiger partial charge in [-0.25, -0.2) is 5.43 Å². The molecule has 0 aromatic heterocycles. The minimum Gasteiger partial charge on any atom is -0.493 e. The van der Waals surface area contributed by atoms with E-state index in [1.165, 1.54) is 5.56 Å². The first-order chi connectivity index (χ1) is 13.3. The third-order valence-corrected chi connectivity index (χ3v) is 4.85. The molecule has 3 rings (SSSR count). The van der Waals surface area contributed by atoms with Crippen molar-refractivity contribution in [1.29, 1.82) is 0 Å². The van der Waals surface area contributed by atoms with Crippen molar-refractivity contribution in [3.8, 4) is 11.5 Å². The van der Waals surface area contributed by atoms with Gasteiger partial charge in [-0.2, -0.15) is 0 Å². The van der Waals surface area contributed by atoms with E-state index >= 15 is 0 Å². The smallest absolute Gasteiger partial charge is 0.162 e. The van der Waals surface area contributed by atoms with Crippen molar-refractivity contribution in [2.75, 3.05) is 19.1 Å². The Hall–Kier alpha value is -2.50. The molecule has 0 radical (unpaired) electrons. The summed E-state index contributed by atoms with van der Waals surface area (Å²) in [6.45, 7) is 1.23. The molecule has 5 heteroatoms. The third kappa shape index (κ3) is 5.74. The number of anilines is 1. The molecule has 3 aromatic rings. The Morgan fingerprint density at radius 3 is 2.30 bits per heavy atom. The van der Waals surface area contributed by atoms with Gasteiger partial charge in [0.2, 0.25) is 0 Å². The van der Waals surface area contributed by atoms with Crippen molar-refractivity contribution < 1.29 is 9.47 Å². The second-order valence-electron chi connectivity index (χ2n) is 6.02. The zero-order valence-electron chi connectivity index (χ0n) is 15.2. The molecule has 0 saturated carbocycles. The van der Waals surface area contributed by atoms with Crippen LogP contribution in [0, 0.1) is 0 Å². The van der Waals surface area contributed by atoms with Crippen molar-refractivity contribution >= 4 is 21.6 Å². The fraction of sp³-hybridized carbons (Fsp3) is 0.182. The maximum Gasteiger partial charge on any atom is 0.162 e. The first kappa shape index (κ1) is 19.3. The molecule has 0 amide bonds. The van der Waals surface area contributed by atoms with E-state index in [0.29, 0.717) is 13.2 Å². The third-order valence-electron chi connectivity index (χ3n) is 4.11. The van der Waals surface area contributed by atoms with E-state index in [-0.39, 0.29) is 0 Å². The van der Waals surface area contributed by atoms with Crippen molar-refractivity contribution in [3.63, 3.8) is 0 Å². The highest BCUT2D eigenvalue weighted by Crippen LogP contribution is 2.33. The standard InChI is InChI=1S/C22H23BrN2O2/c1-26-21-14-18(16-24-25-19-10-6-3-7-11-19)20(23)15-22(21)27-13-12-17-8-4-2-5-9-17/h2-11,14-15,24-25H,12-13,16H2,1H3. The lowest BCUT2D eigenvalue weighted by Gasteiger charge is -2.15. The zero-order valence-corrected chi connectivity index (χ0v) is 16.8. The van der Waals surface area contributed by atoms with Gasteiger partial charge in [0, 0.05) is 23.1 Å². The maximum atomic E-state index is 5.95. The Bertz CT molecular complexity index is 842. The van der Waals surface area contributed by atoms with E-state index < -0.39 is 0 Å². The molecular weight excluding hydrogens is 404 g/mol. The van der Waals surface area contributed by atoms with E-state index in [1.54, 1.807) is 7.11 Å². The van der Waals surface area contributed by atoms with Gasteiger partial charge in [-0.15, -0.1) is 0 Å². The zero-order chi connectivity index (χ0) is 18.9. The molecule has 0 aliphatic carbocycles. The lowest BCUT2D eigenvalue weighted by Crippen LogP contribution is -2.21. The van der Waals surface area contributed by atoms with E-state index in [4.69, 9.17) is 9.47 Å². The number of nitrogens with one attached hydrogen (secondary N) is 2. The number of halogens is 1. The number of hydrazine groups is 1. The average molecular weight is 427 g/mol. The van der Waals surface area contributed by atoms with E-state index in [1.807, 2.05) is 60.7 Å². The van der Waals surface area contributed by atoms with E-state index in [9.17, 15) is 0 Å². The summed E-state index contributed by atoms with van der Waals surface area (Å²) in [5.41, 5.74) is 9.74. The molecule has 2 N–H and O–H groups in total. The minimum absolute atomic E-state index is 0.597. The van der Waals surface area contributed by atoms with Gasteiger partial charge in [0.15, 0.2) is 11.5 Å². The van der Waals surface area contributed by atoms with Gasteiger partial charge >= 0.3 is 0 Å².